The summed E-state index contributed by atoms with van der Waals surface area (Å²) in [5, 5.41) is 5.47. The summed E-state index contributed by atoms with van der Waals surface area (Å²) in [5.41, 5.74) is 10.0. The van der Waals surface area contributed by atoms with E-state index < -0.39 is 0 Å². The van der Waals surface area contributed by atoms with Gasteiger partial charge in [0.1, 0.15) is 23.4 Å². The molecule has 0 aliphatic rings. The van der Waals surface area contributed by atoms with Crippen molar-refractivity contribution in [2.24, 2.45) is 0 Å². The molecule has 7 nitrogen and oxygen atoms in total. The minimum atomic E-state index is 0.164. The largest absolute Gasteiger partial charge is 0.441 e. The van der Waals surface area contributed by atoms with E-state index in [9.17, 15) is 0 Å². The van der Waals surface area contributed by atoms with Gasteiger partial charge in [0.05, 0.1) is 5.39 Å². The van der Waals surface area contributed by atoms with E-state index in [2.05, 4.69) is 28.8 Å². The Morgan fingerprint density at radius 1 is 1.22 bits per heavy atom. The number of hydrogen-bond donors (Lipinski definition) is 1. The van der Waals surface area contributed by atoms with Gasteiger partial charge in [-0.15, -0.1) is 0 Å². The number of benzene rings is 1. The number of nitrogen functional groups attached to an aromatic ring is 1. The molecule has 0 fully saturated rings. The average Bonchev–Trinajstić information content (AvgIpc) is 3.06. The van der Waals surface area contributed by atoms with Crippen LogP contribution in [0.25, 0.3) is 33.4 Å². The number of rotatable bonds is 2. The lowest BCUT2D eigenvalue weighted by Gasteiger charge is -2.05. The fourth-order valence-electron chi connectivity index (χ4n) is 2.74. The number of nitrogens with two attached hydrogens (primary N) is 1. The molecule has 7 heteroatoms. The fraction of sp³-hybridized carbons (Fsp3) is 0.250. The van der Waals surface area contributed by atoms with Crippen LogP contribution in [-0.2, 0) is 0 Å². The molecule has 2 N–H and O–H groups in total. The highest BCUT2D eigenvalue weighted by molar-refractivity contribution is 5.99. The molecule has 0 aliphatic carbocycles. The van der Waals surface area contributed by atoms with Crippen molar-refractivity contribution < 1.29 is 4.42 Å². The Hall–Kier alpha value is -2.96. The van der Waals surface area contributed by atoms with E-state index in [0.29, 0.717) is 11.7 Å². The maximum absolute atomic E-state index is 6.08. The van der Waals surface area contributed by atoms with Crippen LogP contribution in [0.4, 0.5) is 5.82 Å². The number of fused-ring (bicyclic) bond motifs is 2. The quantitative estimate of drug-likeness (QED) is 0.611. The topological polar surface area (TPSA) is 95.7 Å². The van der Waals surface area contributed by atoms with Gasteiger partial charge in [0.15, 0.2) is 17.1 Å². The van der Waals surface area contributed by atoms with Gasteiger partial charge in [0.2, 0.25) is 0 Å². The summed E-state index contributed by atoms with van der Waals surface area (Å²) < 4.78 is 7.48. The molecule has 0 bridgehead atoms. The smallest absolute Gasteiger partial charge is 0.192 e. The zero-order chi connectivity index (χ0) is 16.1. The first kappa shape index (κ1) is 13.7. The Morgan fingerprint density at radius 2 is 2.04 bits per heavy atom. The van der Waals surface area contributed by atoms with Gasteiger partial charge in [0.25, 0.3) is 0 Å². The molecule has 4 rings (SSSR count). The molecule has 0 saturated carbocycles. The van der Waals surface area contributed by atoms with Crippen LogP contribution >= 0.6 is 0 Å². The number of hydrogen-bond acceptors (Lipinski definition) is 6. The third-order valence-electron chi connectivity index (χ3n) is 3.78. The molecule has 3 heterocycles. The summed E-state index contributed by atoms with van der Waals surface area (Å²) in [6.45, 7) is 5.93. The van der Waals surface area contributed by atoms with Gasteiger partial charge in [-0.2, -0.15) is 5.10 Å². The standard InChI is InChI=1S/C16H16N6O/c1-8(2)22-16-13(15(17)18-7-19-16)14(21-22)10-4-5-11-12(6-10)23-9(3)20-11/h4-8H,1-3H3,(H2,17,18,19). The highest BCUT2D eigenvalue weighted by Gasteiger charge is 2.19. The minimum Gasteiger partial charge on any atom is -0.441 e. The Kier molecular flexibility index (Phi) is 2.84. The third kappa shape index (κ3) is 2.04. The first-order valence-electron chi connectivity index (χ1n) is 7.41. The Balaban J connectivity index is 2.03. The van der Waals surface area contributed by atoms with Crippen molar-refractivity contribution in [2.75, 3.05) is 5.73 Å². The zero-order valence-corrected chi connectivity index (χ0v) is 13.1. The number of oxazole rings is 1. The molecule has 116 valence electrons. The molecule has 0 atom stereocenters. The number of aromatic nitrogens is 5. The first-order valence-corrected chi connectivity index (χ1v) is 7.41. The second-order valence-corrected chi connectivity index (χ2v) is 5.76. The lowest BCUT2D eigenvalue weighted by Crippen LogP contribution is -2.04. The zero-order valence-electron chi connectivity index (χ0n) is 13.1. The number of anilines is 1. The summed E-state index contributed by atoms with van der Waals surface area (Å²) in [6, 6.07) is 5.97. The van der Waals surface area contributed by atoms with Gasteiger partial charge in [-0.1, -0.05) is 6.07 Å². The Bertz CT molecular complexity index is 1030. The van der Waals surface area contributed by atoms with Gasteiger partial charge in [0, 0.05) is 18.5 Å². The van der Waals surface area contributed by atoms with Crippen molar-refractivity contribution in [3.63, 3.8) is 0 Å². The van der Waals surface area contributed by atoms with Crippen LogP contribution in [0.15, 0.2) is 28.9 Å². The summed E-state index contributed by atoms with van der Waals surface area (Å²) >= 11 is 0. The third-order valence-corrected chi connectivity index (χ3v) is 3.78. The average molecular weight is 308 g/mol. The number of aryl methyl sites for hydroxylation is 1. The maximum atomic E-state index is 6.08. The molecular weight excluding hydrogens is 292 g/mol. The lowest BCUT2D eigenvalue weighted by atomic mass is 10.1. The SMILES string of the molecule is Cc1nc2ccc(-c3nn(C(C)C)c4ncnc(N)c34)cc2o1. The summed E-state index contributed by atoms with van der Waals surface area (Å²) in [4.78, 5) is 12.8. The molecule has 0 saturated heterocycles. The van der Waals surface area contributed by atoms with Crippen LogP contribution in [0.1, 0.15) is 25.8 Å². The van der Waals surface area contributed by atoms with Crippen molar-refractivity contribution in [1.29, 1.82) is 0 Å². The molecule has 0 unspecified atom stereocenters. The van der Waals surface area contributed by atoms with Gasteiger partial charge in [-0.3, -0.25) is 0 Å². The highest BCUT2D eigenvalue weighted by Crippen LogP contribution is 2.33. The highest BCUT2D eigenvalue weighted by atomic mass is 16.3. The van der Waals surface area contributed by atoms with E-state index in [4.69, 9.17) is 15.2 Å². The number of nitrogens with zero attached hydrogens (tertiary/aromatic N) is 5. The second-order valence-electron chi connectivity index (χ2n) is 5.76. The van der Waals surface area contributed by atoms with Crippen LogP contribution in [-0.4, -0.2) is 24.7 Å². The van der Waals surface area contributed by atoms with Crippen molar-refractivity contribution in [1.82, 2.24) is 24.7 Å². The second kappa shape index (κ2) is 4.77. The normalized spacial score (nSPS) is 11.8. The molecule has 0 spiro atoms. The molecule has 4 aromatic rings. The predicted molar refractivity (Wildman–Crippen MR) is 87.9 cm³/mol. The van der Waals surface area contributed by atoms with Gasteiger partial charge in [-0.25, -0.2) is 19.6 Å². The Labute approximate surface area is 132 Å². The van der Waals surface area contributed by atoms with E-state index in [-0.39, 0.29) is 6.04 Å². The fourth-order valence-corrected chi connectivity index (χ4v) is 2.74. The van der Waals surface area contributed by atoms with E-state index in [1.54, 1.807) is 0 Å². The molecule has 23 heavy (non-hydrogen) atoms. The maximum Gasteiger partial charge on any atom is 0.192 e. The Morgan fingerprint density at radius 3 is 2.83 bits per heavy atom. The van der Waals surface area contributed by atoms with Crippen LogP contribution in [0.5, 0.6) is 0 Å². The van der Waals surface area contributed by atoms with Crippen molar-refractivity contribution >= 4 is 28.0 Å². The molecule has 3 aromatic heterocycles. The van der Waals surface area contributed by atoms with E-state index in [0.717, 1.165) is 33.4 Å². The first-order chi connectivity index (χ1) is 11.0. The lowest BCUT2D eigenvalue weighted by molar-refractivity contribution is 0.548. The van der Waals surface area contributed by atoms with Gasteiger partial charge in [-0.05, 0) is 26.0 Å². The predicted octanol–water partition coefficient (Wildman–Crippen LogP) is 3.11. The van der Waals surface area contributed by atoms with E-state index >= 15 is 0 Å². The molecule has 1 aromatic carbocycles. The molecule has 0 radical (unpaired) electrons. The van der Waals surface area contributed by atoms with Crippen molar-refractivity contribution in [3.8, 4) is 11.3 Å². The van der Waals surface area contributed by atoms with E-state index in [1.165, 1.54) is 6.33 Å². The minimum absolute atomic E-state index is 0.164. The summed E-state index contributed by atoms with van der Waals surface area (Å²) in [7, 11) is 0. The van der Waals surface area contributed by atoms with Gasteiger partial charge < -0.3 is 10.2 Å². The van der Waals surface area contributed by atoms with Crippen LogP contribution in [0.2, 0.25) is 0 Å². The van der Waals surface area contributed by atoms with Gasteiger partial charge >= 0.3 is 0 Å². The van der Waals surface area contributed by atoms with Crippen LogP contribution in [0, 0.1) is 6.92 Å². The van der Waals surface area contributed by atoms with Crippen molar-refractivity contribution in [2.45, 2.75) is 26.8 Å². The summed E-state index contributed by atoms with van der Waals surface area (Å²) in [6.07, 6.45) is 1.46. The van der Waals surface area contributed by atoms with Crippen LogP contribution < -0.4 is 5.73 Å². The molecular formula is C16H16N6O. The molecule has 0 aliphatic heterocycles. The summed E-state index contributed by atoms with van der Waals surface area (Å²) in [5.74, 6) is 1.06. The van der Waals surface area contributed by atoms with Crippen LogP contribution in [0.3, 0.4) is 0 Å². The van der Waals surface area contributed by atoms with E-state index in [1.807, 2.05) is 29.8 Å². The monoisotopic (exact) mass is 308 g/mol. The van der Waals surface area contributed by atoms with Crippen molar-refractivity contribution in [3.05, 3.63) is 30.4 Å². The molecule has 0 amide bonds.